The van der Waals surface area contributed by atoms with Crippen molar-refractivity contribution < 1.29 is 24.2 Å². The van der Waals surface area contributed by atoms with Gasteiger partial charge in [-0.2, -0.15) is 0 Å². The highest BCUT2D eigenvalue weighted by Gasteiger charge is 2.44. The number of benzene rings is 2. The van der Waals surface area contributed by atoms with Crippen LogP contribution in [-0.2, 0) is 9.59 Å². The molecule has 27 heavy (non-hydrogen) atoms. The van der Waals surface area contributed by atoms with Gasteiger partial charge in [0, 0.05) is 12.6 Å². The van der Waals surface area contributed by atoms with Crippen molar-refractivity contribution in [3.05, 3.63) is 64.7 Å². The SMILES string of the molecule is COc1ccc(C2/C(=C(/O)c3ccc(C)cc3)C(=O)C(=O)N2C)cc1OC. The molecule has 1 aliphatic heterocycles. The van der Waals surface area contributed by atoms with Crippen molar-refractivity contribution in [3.63, 3.8) is 0 Å². The summed E-state index contributed by atoms with van der Waals surface area (Å²) in [7, 11) is 4.58. The zero-order valence-electron chi connectivity index (χ0n) is 15.6. The number of ketones is 1. The van der Waals surface area contributed by atoms with Crippen LogP contribution in [0, 0.1) is 6.92 Å². The number of hydrogen-bond donors (Lipinski definition) is 1. The summed E-state index contributed by atoms with van der Waals surface area (Å²) >= 11 is 0. The lowest BCUT2D eigenvalue weighted by molar-refractivity contribution is -0.139. The Kier molecular flexibility index (Phi) is 4.90. The second-order valence-electron chi connectivity index (χ2n) is 6.39. The number of likely N-dealkylation sites (N-methyl/N-ethyl adjacent to an activating group) is 1. The lowest BCUT2D eigenvalue weighted by Crippen LogP contribution is -2.24. The van der Waals surface area contributed by atoms with Crippen molar-refractivity contribution in [1.29, 1.82) is 0 Å². The van der Waals surface area contributed by atoms with Crippen LogP contribution in [0.2, 0.25) is 0 Å². The molecule has 1 unspecified atom stereocenters. The van der Waals surface area contributed by atoms with E-state index < -0.39 is 17.7 Å². The predicted octanol–water partition coefficient (Wildman–Crippen LogP) is 3.06. The average Bonchev–Trinajstić information content (AvgIpc) is 2.91. The number of ether oxygens (including phenoxy) is 2. The topological polar surface area (TPSA) is 76.1 Å². The van der Waals surface area contributed by atoms with Gasteiger partial charge in [-0.3, -0.25) is 9.59 Å². The zero-order valence-corrected chi connectivity index (χ0v) is 15.6. The van der Waals surface area contributed by atoms with Gasteiger partial charge in [-0.25, -0.2) is 0 Å². The molecule has 1 heterocycles. The molecular formula is C21H21NO5. The summed E-state index contributed by atoms with van der Waals surface area (Å²) in [5.41, 5.74) is 2.21. The largest absolute Gasteiger partial charge is 0.507 e. The van der Waals surface area contributed by atoms with Gasteiger partial charge in [-0.05, 0) is 24.6 Å². The molecule has 1 aliphatic rings. The molecule has 1 saturated heterocycles. The summed E-state index contributed by atoms with van der Waals surface area (Å²) < 4.78 is 10.6. The molecule has 6 nitrogen and oxygen atoms in total. The number of nitrogens with zero attached hydrogens (tertiary/aromatic N) is 1. The molecule has 1 fully saturated rings. The average molecular weight is 367 g/mol. The van der Waals surface area contributed by atoms with Crippen LogP contribution in [0.4, 0.5) is 0 Å². The van der Waals surface area contributed by atoms with Gasteiger partial charge in [0.05, 0.1) is 25.8 Å². The van der Waals surface area contributed by atoms with Gasteiger partial charge in [0.1, 0.15) is 5.76 Å². The van der Waals surface area contributed by atoms with Gasteiger partial charge in [0.2, 0.25) is 0 Å². The van der Waals surface area contributed by atoms with E-state index in [-0.39, 0.29) is 11.3 Å². The molecule has 0 aliphatic carbocycles. The molecule has 140 valence electrons. The lowest BCUT2D eigenvalue weighted by atomic mass is 9.95. The Bertz CT molecular complexity index is 930. The van der Waals surface area contributed by atoms with E-state index in [2.05, 4.69) is 0 Å². The first kappa shape index (κ1) is 18.5. The fourth-order valence-electron chi connectivity index (χ4n) is 3.23. The molecule has 0 aromatic heterocycles. The van der Waals surface area contributed by atoms with E-state index >= 15 is 0 Å². The van der Waals surface area contributed by atoms with E-state index in [1.807, 2.05) is 19.1 Å². The number of carbonyl (C=O) groups excluding carboxylic acids is 2. The summed E-state index contributed by atoms with van der Waals surface area (Å²) in [5, 5.41) is 10.8. The van der Waals surface area contributed by atoms with Crippen molar-refractivity contribution in [2.45, 2.75) is 13.0 Å². The molecule has 1 atom stereocenters. The maximum absolute atomic E-state index is 12.6. The molecule has 6 heteroatoms. The van der Waals surface area contributed by atoms with E-state index in [9.17, 15) is 14.7 Å². The number of hydrogen-bond acceptors (Lipinski definition) is 5. The number of Topliss-reactive ketones (excluding diaryl/α,β-unsaturated/α-hetero) is 1. The molecule has 2 aromatic carbocycles. The number of aliphatic hydroxyl groups excluding tert-OH is 1. The zero-order chi connectivity index (χ0) is 19.7. The maximum atomic E-state index is 12.6. The Morgan fingerprint density at radius 2 is 1.63 bits per heavy atom. The first-order valence-electron chi connectivity index (χ1n) is 8.42. The molecule has 0 spiro atoms. The summed E-state index contributed by atoms with van der Waals surface area (Å²) in [6, 6.07) is 11.6. The number of amides is 1. The number of aliphatic hydroxyl groups is 1. The summed E-state index contributed by atoms with van der Waals surface area (Å²) in [5.74, 6) is -0.562. The predicted molar refractivity (Wildman–Crippen MR) is 101 cm³/mol. The van der Waals surface area contributed by atoms with Crippen molar-refractivity contribution in [1.82, 2.24) is 4.90 Å². The lowest BCUT2D eigenvalue weighted by Gasteiger charge is -2.22. The van der Waals surface area contributed by atoms with Crippen LogP contribution in [0.1, 0.15) is 22.7 Å². The molecule has 1 N–H and O–H groups in total. The molecule has 1 amide bonds. The van der Waals surface area contributed by atoms with E-state index in [1.165, 1.54) is 26.2 Å². The van der Waals surface area contributed by atoms with E-state index in [1.54, 1.807) is 30.3 Å². The van der Waals surface area contributed by atoms with Crippen molar-refractivity contribution in [3.8, 4) is 11.5 Å². The van der Waals surface area contributed by atoms with Crippen molar-refractivity contribution in [2.75, 3.05) is 21.3 Å². The Balaban J connectivity index is 2.17. The first-order chi connectivity index (χ1) is 12.9. The smallest absolute Gasteiger partial charge is 0.295 e. The third-order valence-electron chi connectivity index (χ3n) is 4.72. The van der Waals surface area contributed by atoms with Gasteiger partial charge in [-0.15, -0.1) is 0 Å². The molecule has 2 aromatic rings. The van der Waals surface area contributed by atoms with Gasteiger partial charge >= 0.3 is 0 Å². The highest BCUT2D eigenvalue weighted by molar-refractivity contribution is 6.46. The van der Waals surface area contributed by atoms with Crippen molar-refractivity contribution in [2.24, 2.45) is 0 Å². The molecule has 0 saturated carbocycles. The normalized spacial score (nSPS) is 18.7. The van der Waals surface area contributed by atoms with Crippen LogP contribution in [-0.4, -0.2) is 43.0 Å². The Morgan fingerprint density at radius 3 is 2.22 bits per heavy atom. The standard InChI is InChI=1S/C21H21NO5/c1-12-5-7-13(8-6-12)19(23)17-18(22(2)21(25)20(17)24)14-9-10-15(26-3)16(11-14)27-4/h5-11,18,23H,1-4H3/b19-17-. The Labute approximate surface area is 157 Å². The minimum atomic E-state index is -0.717. The minimum absolute atomic E-state index is 0.0542. The van der Waals surface area contributed by atoms with E-state index in [4.69, 9.17) is 9.47 Å². The van der Waals surface area contributed by atoms with Crippen LogP contribution in [0.3, 0.4) is 0 Å². The maximum Gasteiger partial charge on any atom is 0.295 e. The third kappa shape index (κ3) is 3.14. The number of aryl methyl sites for hydroxylation is 1. The third-order valence-corrected chi connectivity index (χ3v) is 4.72. The summed E-state index contributed by atoms with van der Waals surface area (Å²) in [6.45, 7) is 1.93. The molecule has 3 rings (SSSR count). The molecular weight excluding hydrogens is 346 g/mol. The van der Waals surface area contributed by atoms with Crippen LogP contribution >= 0.6 is 0 Å². The number of likely N-dealkylation sites (tertiary alicyclic amines) is 1. The minimum Gasteiger partial charge on any atom is -0.507 e. The van der Waals surface area contributed by atoms with Gasteiger partial charge in [-0.1, -0.05) is 35.9 Å². The fraction of sp³-hybridized carbons (Fsp3) is 0.238. The fourth-order valence-corrected chi connectivity index (χ4v) is 3.23. The van der Waals surface area contributed by atoms with Gasteiger partial charge < -0.3 is 19.5 Å². The van der Waals surface area contributed by atoms with Crippen LogP contribution in [0.5, 0.6) is 11.5 Å². The van der Waals surface area contributed by atoms with Gasteiger partial charge in [0.25, 0.3) is 11.7 Å². The highest BCUT2D eigenvalue weighted by Crippen LogP contribution is 2.41. The van der Waals surface area contributed by atoms with Crippen LogP contribution < -0.4 is 9.47 Å². The number of rotatable bonds is 4. The second-order valence-corrected chi connectivity index (χ2v) is 6.39. The molecule has 0 radical (unpaired) electrons. The Hall–Kier alpha value is -3.28. The highest BCUT2D eigenvalue weighted by atomic mass is 16.5. The monoisotopic (exact) mass is 367 g/mol. The van der Waals surface area contributed by atoms with E-state index in [0.717, 1.165) is 5.56 Å². The van der Waals surface area contributed by atoms with E-state index in [0.29, 0.717) is 22.6 Å². The van der Waals surface area contributed by atoms with Crippen LogP contribution in [0.15, 0.2) is 48.0 Å². The quantitative estimate of drug-likeness (QED) is 0.511. The molecule has 0 bridgehead atoms. The Morgan fingerprint density at radius 1 is 1.00 bits per heavy atom. The first-order valence-corrected chi connectivity index (χ1v) is 8.42. The number of carbonyl (C=O) groups is 2. The van der Waals surface area contributed by atoms with Crippen LogP contribution in [0.25, 0.3) is 5.76 Å². The summed E-state index contributed by atoms with van der Waals surface area (Å²) in [6.07, 6.45) is 0. The number of methoxy groups -OCH3 is 2. The second kappa shape index (κ2) is 7.15. The van der Waals surface area contributed by atoms with Crippen molar-refractivity contribution >= 4 is 17.4 Å². The summed E-state index contributed by atoms with van der Waals surface area (Å²) in [4.78, 5) is 26.3. The van der Waals surface area contributed by atoms with Gasteiger partial charge in [0.15, 0.2) is 11.5 Å².